The summed E-state index contributed by atoms with van der Waals surface area (Å²) in [5, 5.41) is -5.44. The number of halogens is 5. The molecule has 1 aliphatic rings. The molecule has 0 bridgehead atoms. The van der Waals surface area contributed by atoms with E-state index in [1.165, 1.54) is 30.3 Å². The Kier molecular flexibility index (Phi) is 5.64. The van der Waals surface area contributed by atoms with Gasteiger partial charge < -0.3 is 14.2 Å². The molecular weight excluding hydrogens is 443 g/mol. The molecule has 0 aliphatic carbocycles. The van der Waals surface area contributed by atoms with Crippen molar-refractivity contribution in [3.05, 3.63) is 42.0 Å². The number of esters is 1. The summed E-state index contributed by atoms with van der Waals surface area (Å²) in [6, 6.07) is 8.05. The molecule has 2 aromatic rings. The Morgan fingerprint density at radius 1 is 1.20 bits per heavy atom. The quantitative estimate of drug-likeness (QED) is 0.296. The highest BCUT2D eigenvalue weighted by Gasteiger charge is 2.66. The van der Waals surface area contributed by atoms with Crippen LogP contribution in [0.15, 0.2) is 36.4 Å². The van der Waals surface area contributed by atoms with E-state index in [0.29, 0.717) is 12.0 Å². The van der Waals surface area contributed by atoms with Crippen LogP contribution in [0.1, 0.15) is 10.4 Å². The topological polar surface area (TPSA) is 102 Å². The molecule has 2 aromatic carbocycles. The Morgan fingerprint density at radius 3 is 2.43 bits per heavy atom. The van der Waals surface area contributed by atoms with Gasteiger partial charge >= 0.3 is 27.5 Å². The Bertz CT molecular complexity index is 1060. The minimum absolute atomic E-state index is 0.0211. The first kappa shape index (κ1) is 22.2. The molecule has 1 N–H and O–H groups in total. The van der Waals surface area contributed by atoms with Crippen LogP contribution < -0.4 is 4.74 Å². The van der Waals surface area contributed by atoms with Crippen molar-refractivity contribution < 1.29 is 53.9 Å². The Labute approximate surface area is 166 Å². The number of rotatable bonds is 7. The van der Waals surface area contributed by atoms with E-state index in [0.717, 1.165) is 6.07 Å². The van der Waals surface area contributed by atoms with Crippen LogP contribution in [0.25, 0.3) is 10.8 Å². The summed E-state index contributed by atoms with van der Waals surface area (Å²) in [6.07, 6.45) is -10.5. The average Bonchev–Trinajstić information content (AvgIpc) is 3.46. The highest BCUT2D eigenvalue weighted by molar-refractivity contribution is 7.86. The first-order valence-electron chi connectivity index (χ1n) is 8.20. The fourth-order valence-electron chi connectivity index (χ4n) is 2.50. The van der Waals surface area contributed by atoms with Gasteiger partial charge in [-0.1, -0.05) is 18.2 Å². The average molecular weight is 456 g/mol. The first-order chi connectivity index (χ1) is 13.8. The lowest BCUT2D eigenvalue weighted by atomic mass is 10.0. The maximum atomic E-state index is 13.7. The van der Waals surface area contributed by atoms with Gasteiger partial charge in [-0.3, -0.25) is 4.55 Å². The minimum Gasteiger partial charge on any atom is -0.491 e. The van der Waals surface area contributed by atoms with E-state index in [9.17, 15) is 35.2 Å². The molecule has 1 fully saturated rings. The van der Waals surface area contributed by atoms with E-state index >= 15 is 0 Å². The molecule has 30 heavy (non-hydrogen) atoms. The van der Waals surface area contributed by atoms with Crippen molar-refractivity contribution >= 4 is 26.9 Å². The van der Waals surface area contributed by atoms with E-state index in [2.05, 4.69) is 4.74 Å². The van der Waals surface area contributed by atoms with Gasteiger partial charge in [0.05, 0.1) is 12.2 Å². The molecule has 7 nitrogen and oxygen atoms in total. The second-order valence-electron chi connectivity index (χ2n) is 6.32. The normalized spacial score (nSPS) is 18.1. The third-order valence-corrected chi connectivity index (χ3v) is 4.99. The lowest BCUT2D eigenvalue weighted by molar-refractivity contribution is -0.247. The predicted molar refractivity (Wildman–Crippen MR) is 90.9 cm³/mol. The number of hydrogen-bond donors (Lipinski definition) is 1. The van der Waals surface area contributed by atoms with Gasteiger partial charge in [0.1, 0.15) is 18.5 Å². The van der Waals surface area contributed by atoms with E-state index < -0.39 is 39.2 Å². The molecule has 0 saturated carbocycles. The standard InChI is InChI=1S/C17H13F5O7S/c18-16(19,20)15(17(21,22)30(24,25)26)29-14(23)12-3-1-2-9-4-5-10(6-13(9)12)27-7-11-8-28-11/h1-6,11,15H,7-8H2,(H,24,25,26). The van der Waals surface area contributed by atoms with Crippen molar-refractivity contribution in [2.45, 2.75) is 23.6 Å². The number of hydrogen-bond acceptors (Lipinski definition) is 6. The monoisotopic (exact) mass is 456 g/mol. The van der Waals surface area contributed by atoms with Crippen LogP contribution in [0.3, 0.4) is 0 Å². The van der Waals surface area contributed by atoms with Crippen LogP contribution in [0.4, 0.5) is 22.0 Å². The number of benzene rings is 2. The lowest BCUT2D eigenvalue weighted by Crippen LogP contribution is -2.52. The molecule has 0 amide bonds. The van der Waals surface area contributed by atoms with E-state index in [1.807, 2.05) is 0 Å². The molecule has 0 aromatic heterocycles. The zero-order chi connectivity index (χ0) is 22.3. The zero-order valence-corrected chi connectivity index (χ0v) is 15.5. The van der Waals surface area contributed by atoms with Crippen LogP contribution in [-0.2, 0) is 19.6 Å². The first-order valence-corrected chi connectivity index (χ1v) is 9.64. The fraction of sp³-hybridized carbons (Fsp3) is 0.353. The van der Waals surface area contributed by atoms with E-state index in [-0.39, 0.29) is 23.8 Å². The van der Waals surface area contributed by atoms with Crippen LogP contribution >= 0.6 is 0 Å². The summed E-state index contributed by atoms with van der Waals surface area (Å²) in [4.78, 5) is 12.3. The molecular formula is C17H13F5O7S. The van der Waals surface area contributed by atoms with Crippen LogP contribution in [0, 0.1) is 0 Å². The number of epoxide rings is 1. The summed E-state index contributed by atoms with van der Waals surface area (Å²) >= 11 is 0. The van der Waals surface area contributed by atoms with Crippen molar-refractivity contribution in [3.63, 3.8) is 0 Å². The van der Waals surface area contributed by atoms with Crippen LogP contribution in [0.2, 0.25) is 0 Å². The van der Waals surface area contributed by atoms with Gasteiger partial charge in [-0.05, 0) is 29.0 Å². The number of carbonyl (C=O) groups is 1. The molecule has 0 spiro atoms. The van der Waals surface area contributed by atoms with Gasteiger partial charge in [-0.2, -0.15) is 30.4 Å². The molecule has 2 atom stereocenters. The Hall–Kier alpha value is -2.51. The van der Waals surface area contributed by atoms with Gasteiger partial charge in [-0.15, -0.1) is 0 Å². The summed E-state index contributed by atoms with van der Waals surface area (Å²) in [6.45, 7) is 0.695. The number of carbonyl (C=O) groups excluding carboxylic acids is 1. The summed E-state index contributed by atoms with van der Waals surface area (Å²) in [5.74, 6) is -1.64. The van der Waals surface area contributed by atoms with Gasteiger partial charge in [-0.25, -0.2) is 4.79 Å². The summed E-state index contributed by atoms with van der Waals surface area (Å²) in [7, 11) is -6.53. The van der Waals surface area contributed by atoms with Crippen molar-refractivity contribution in [3.8, 4) is 5.75 Å². The third-order valence-electron chi connectivity index (χ3n) is 4.08. The number of alkyl halides is 5. The van der Waals surface area contributed by atoms with Crippen molar-refractivity contribution in [1.29, 1.82) is 0 Å². The molecule has 164 valence electrons. The molecule has 2 unspecified atom stereocenters. The molecule has 0 radical (unpaired) electrons. The Morgan fingerprint density at radius 2 is 1.87 bits per heavy atom. The van der Waals surface area contributed by atoms with Crippen molar-refractivity contribution in [2.75, 3.05) is 13.2 Å². The van der Waals surface area contributed by atoms with E-state index in [1.54, 1.807) is 0 Å². The molecule has 1 aliphatic heterocycles. The van der Waals surface area contributed by atoms with E-state index in [4.69, 9.17) is 14.0 Å². The second-order valence-corrected chi connectivity index (χ2v) is 7.81. The van der Waals surface area contributed by atoms with Gasteiger partial charge in [0.2, 0.25) is 0 Å². The maximum Gasteiger partial charge on any atom is 0.432 e. The van der Waals surface area contributed by atoms with Crippen molar-refractivity contribution in [1.82, 2.24) is 0 Å². The SMILES string of the molecule is O=C(OC(C(F)(F)F)C(F)(F)S(=O)(=O)O)c1cccc2ccc(OCC3CO3)cc12. The number of fused-ring (bicyclic) bond motifs is 1. The molecule has 1 saturated heterocycles. The highest BCUT2D eigenvalue weighted by Crippen LogP contribution is 2.39. The Balaban J connectivity index is 1.95. The lowest BCUT2D eigenvalue weighted by Gasteiger charge is -2.26. The molecule has 1 heterocycles. The van der Waals surface area contributed by atoms with Crippen molar-refractivity contribution in [2.24, 2.45) is 0 Å². The third kappa shape index (κ3) is 4.63. The van der Waals surface area contributed by atoms with Gasteiger partial charge in [0.15, 0.2) is 0 Å². The summed E-state index contributed by atoms with van der Waals surface area (Å²) < 4.78 is 111. The number of ether oxygens (including phenoxy) is 3. The maximum absolute atomic E-state index is 13.7. The van der Waals surface area contributed by atoms with Gasteiger partial charge in [0, 0.05) is 0 Å². The zero-order valence-electron chi connectivity index (χ0n) is 14.7. The fourth-order valence-corrected chi connectivity index (χ4v) is 2.96. The van der Waals surface area contributed by atoms with Gasteiger partial charge in [0.25, 0.3) is 6.10 Å². The van der Waals surface area contributed by atoms with Crippen LogP contribution in [-0.4, -0.2) is 55.8 Å². The summed E-state index contributed by atoms with van der Waals surface area (Å²) in [5.41, 5.74) is -0.541. The minimum atomic E-state index is -6.53. The second kappa shape index (κ2) is 7.63. The van der Waals surface area contributed by atoms with Crippen LogP contribution in [0.5, 0.6) is 5.75 Å². The largest absolute Gasteiger partial charge is 0.491 e. The predicted octanol–water partition coefficient (Wildman–Crippen LogP) is 3.19. The molecule has 13 heteroatoms. The smallest absolute Gasteiger partial charge is 0.432 e. The highest BCUT2D eigenvalue weighted by atomic mass is 32.2. The molecule has 3 rings (SSSR count).